The molecule has 1 aliphatic rings. The molecule has 0 bridgehead atoms. The molecule has 0 saturated heterocycles. The number of rotatable bonds is 6. The van der Waals surface area contributed by atoms with Crippen molar-refractivity contribution in [1.29, 1.82) is 0 Å². The van der Waals surface area contributed by atoms with Crippen LogP contribution >= 0.6 is 0 Å². The zero-order valence-corrected chi connectivity index (χ0v) is 12.2. The van der Waals surface area contributed by atoms with Gasteiger partial charge in [0, 0.05) is 26.8 Å². The highest BCUT2D eigenvalue weighted by Gasteiger charge is 2.19. The van der Waals surface area contributed by atoms with Gasteiger partial charge < -0.3 is 20.5 Å². The second-order valence-electron chi connectivity index (χ2n) is 5.29. The van der Waals surface area contributed by atoms with Crippen LogP contribution in [0.3, 0.4) is 0 Å². The van der Waals surface area contributed by atoms with E-state index in [0.717, 1.165) is 43.9 Å². The van der Waals surface area contributed by atoms with Crippen molar-refractivity contribution in [3.8, 4) is 0 Å². The lowest BCUT2D eigenvalue weighted by Gasteiger charge is -2.25. The minimum atomic E-state index is -0.102. The third kappa shape index (κ3) is 4.31. The number of aromatic nitrogens is 2. The molecule has 1 fully saturated rings. The fourth-order valence-corrected chi connectivity index (χ4v) is 2.51. The van der Waals surface area contributed by atoms with Crippen LogP contribution in [-0.4, -0.2) is 41.9 Å². The smallest absolute Gasteiger partial charge is 0.158 e. The Kier molecular flexibility index (Phi) is 5.55. The SMILES string of the molecule is CNc1cc(NCC2CCC(O)CC2)nc(COC)n1. The number of aliphatic hydroxyl groups is 1. The van der Waals surface area contributed by atoms with Crippen molar-refractivity contribution in [2.45, 2.75) is 38.4 Å². The van der Waals surface area contributed by atoms with Gasteiger partial charge in [-0.2, -0.15) is 0 Å². The molecule has 6 heteroatoms. The topological polar surface area (TPSA) is 79.3 Å². The predicted molar refractivity (Wildman–Crippen MR) is 78.7 cm³/mol. The van der Waals surface area contributed by atoms with E-state index in [1.807, 2.05) is 13.1 Å². The highest BCUT2D eigenvalue weighted by atomic mass is 16.5. The molecule has 0 aromatic carbocycles. The van der Waals surface area contributed by atoms with Crippen molar-refractivity contribution < 1.29 is 9.84 Å². The molecule has 1 heterocycles. The molecule has 1 aromatic heterocycles. The standard InChI is InChI=1S/C14H24N4O2/c1-15-12-7-13(18-14(17-12)9-20-2)16-8-10-3-5-11(19)6-4-10/h7,10-11,19H,3-6,8-9H2,1-2H3,(H2,15,16,17,18). The monoisotopic (exact) mass is 280 g/mol. The lowest BCUT2D eigenvalue weighted by atomic mass is 9.87. The van der Waals surface area contributed by atoms with Gasteiger partial charge in [-0.1, -0.05) is 0 Å². The molecular weight excluding hydrogens is 256 g/mol. The summed E-state index contributed by atoms with van der Waals surface area (Å²) in [5, 5.41) is 15.9. The molecule has 0 atom stereocenters. The van der Waals surface area contributed by atoms with E-state index in [4.69, 9.17) is 4.74 Å². The first kappa shape index (κ1) is 15.0. The fraction of sp³-hybridized carbons (Fsp3) is 0.714. The molecule has 1 aromatic rings. The molecule has 0 radical (unpaired) electrons. The van der Waals surface area contributed by atoms with Crippen LogP contribution in [0.25, 0.3) is 0 Å². The first-order valence-corrected chi connectivity index (χ1v) is 7.18. The van der Waals surface area contributed by atoms with E-state index >= 15 is 0 Å². The number of nitrogens with one attached hydrogen (secondary N) is 2. The molecule has 0 amide bonds. The quantitative estimate of drug-likeness (QED) is 0.735. The van der Waals surface area contributed by atoms with Gasteiger partial charge >= 0.3 is 0 Å². The average Bonchev–Trinajstić information content (AvgIpc) is 2.47. The van der Waals surface area contributed by atoms with Crippen LogP contribution < -0.4 is 10.6 Å². The molecule has 0 aliphatic heterocycles. The van der Waals surface area contributed by atoms with Crippen LogP contribution in [-0.2, 0) is 11.3 Å². The van der Waals surface area contributed by atoms with Crippen LogP contribution in [0.2, 0.25) is 0 Å². The predicted octanol–water partition coefficient (Wildman–Crippen LogP) is 1.63. The van der Waals surface area contributed by atoms with Gasteiger partial charge in [0.15, 0.2) is 5.82 Å². The second-order valence-corrected chi connectivity index (χ2v) is 5.29. The van der Waals surface area contributed by atoms with Gasteiger partial charge in [0.1, 0.15) is 18.2 Å². The van der Waals surface area contributed by atoms with Crippen molar-refractivity contribution in [1.82, 2.24) is 9.97 Å². The summed E-state index contributed by atoms with van der Waals surface area (Å²) in [4.78, 5) is 8.76. The lowest BCUT2D eigenvalue weighted by molar-refractivity contribution is 0.111. The zero-order valence-electron chi connectivity index (χ0n) is 12.2. The van der Waals surface area contributed by atoms with Crippen LogP contribution in [0, 0.1) is 5.92 Å². The molecule has 2 rings (SSSR count). The Labute approximate surface area is 120 Å². The Hall–Kier alpha value is -1.40. The van der Waals surface area contributed by atoms with Crippen molar-refractivity contribution in [3.05, 3.63) is 11.9 Å². The van der Waals surface area contributed by atoms with E-state index < -0.39 is 0 Å². The number of hydrogen-bond acceptors (Lipinski definition) is 6. The van der Waals surface area contributed by atoms with Gasteiger partial charge in [0.2, 0.25) is 0 Å². The molecule has 6 nitrogen and oxygen atoms in total. The molecule has 3 N–H and O–H groups in total. The molecule has 0 spiro atoms. The molecule has 20 heavy (non-hydrogen) atoms. The van der Waals surface area contributed by atoms with Gasteiger partial charge in [0.05, 0.1) is 6.10 Å². The highest BCUT2D eigenvalue weighted by molar-refractivity contribution is 5.47. The minimum absolute atomic E-state index is 0.102. The minimum Gasteiger partial charge on any atom is -0.393 e. The summed E-state index contributed by atoms with van der Waals surface area (Å²) in [5.74, 6) is 2.88. The van der Waals surface area contributed by atoms with E-state index in [0.29, 0.717) is 18.3 Å². The first-order valence-electron chi connectivity index (χ1n) is 7.18. The van der Waals surface area contributed by atoms with Crippen LogP contribution in [0.4, 0.5) is 11.6 Å². The second kappa shape index (κ2) is 7.40. The van der Waals surface area contributed by atoms with E-state index in [1.165, 1.54) is 0 Å². The van der Waals surface area contributed by atoms with Gasteiger partial charge in [-0.3, -0.25) is 0 Å². The molecule has 1 aliphatic carbocycles. The third-order valence-corrected chi connectivity index (χ3v) is 3.69. The normalized spacial score (nSPS) is 22.6. The fourth-order valence-electron chi connectivity index (χ4n) is 2.51. The van der Waals surface area contributed by atoms with Crippen LogP contribution in [0.5, 0.6) is 0 Å². The number of hydrogen-bond donors (Lipinski definition) is 3. The Morgan fingerprint density at radius 2 is 1.95 bits per heavy atom. The van der Waals surface area contributed by atoms with E-state index in [1.54, 1.807) is 7.11 Å². The Balaban J connectivity index is 1.92. The lowest BCUT2D eigenvalue weighted by Crippen LogP contribution is -2.24. The summed E-state index contributed by atoms with van der Waals surface area (Å²) < 4.78 is 5.08. The number of anilines is 2. The zero-order chi connectivity index (χ0) is 14.4. The summed E-state index contributed by atoms with van der Waals surface area (Å²) in [6.07, 6.45) is 3.86. The van der Waals surface area contributed by atoms with Gasteiger partial charge in [-0.15, -0.1) is 0 Å². The molecule has 112 valence electrons. The van der Waals surface area contributed by atoms with E-state index in [2.05, 4.69) is 20.6 Å². The number of ether oxygens (including phenoxy) is 1. The number of aliphatic hydroxyl groups excluding tert-OH is 1. The first-order chi connectivity index (χ1) is 9.71. The average molecular weight is 280 g/mol. The Bertz CT molecular complexity index is 420. The maximum atomic E-state index is 9.51. The Morgan fingerprint density at radius 1 is 1.25 bits per heavy atom. The van der Waals surface area contributed by atoms with Crippen LogP contribution in [0.1, 0.15) is 31.5 Å². The Morgan fingerprint density at radius 3 is 2.60 bits per heavy atom. The highest BCUT2D eigenvalue weighted by Crippen LogP contribution is 2.24. The van der Waals surface area contributed by atoms with Crippen LogP contribution in [0.15, 0.2) is 6.07 Å². The summed E-state index contributed by atoms with van der Waals surface area (Å²) in [6, 6.07) is 1.90. The maximum Gasteiger partial charge on any atom is 0.158 e. The molecule has 0 unspecified atom stereocenters. The number of nitrogens with zero attached hydrogens (tertiary/aromatic N) is 2. The molecular formula is C14H24N4O2. The van der Waals surface area contributed by atoms with E-state index in [9.17, 15) is 5.11 Å². The van der Waals surface area contributed by atoms with Gasteiger partial charge in [-0.25, -0.2) is 9.97 Å². The van der Waals surface area contributed by atoms with Crippen molar-refractivity contribution in [2.24, 2.45) is 5.92 Å². The van der Waals surface area contributed by atoms with Crippen molar-refractivity contribution in [2.75, 3.05) is 31.3 Å². The van der Waals surface area contributed by atoms with Gasteiger partial charge in [-0.05, 0) is 31.6 Å². The van der Waals surface area contributed by atoms with E-state index in [-0.39, 0.29) is 6.10 Å². The van der Waals surface area contributed by atoms with Gasteiger partial charge in [0.25, 0.3) is 0 Å². The third-order valence-electron chi connectivity index (χ3n) is 3.69. The maximum absolute atomic E-state index is 9.51. The summed E-state index contributed by atoms with van der Waals surface area (Å²) in [6.45, 7) is 1.29. The molecule has 1 saturated carbocycles. The summed E-state index contributed by atoms with van der Waals surface area (Å²) in [7, 11) is 3.47. The van der Waals surface area contributed by atoms with Crippen molar-refractivity contribution in [3.63, 3.8) is 0 Å². The summed E-state index contributed by atoms with van der Waals surface area (Å²) >= 11 is 0. The summed E-state index contributed by atoms with van der Waals surface area (Å²) in [5.41, 5.74) is 0. The largest absolute Gasteiger partial charge is 0.393 e. The van der Waals surface area contributed by atoms with Crippen molar-refractivity contribution >= 4 is 11.6 Å². The number of methoxy groups -OCH3 is 1.